The summed E-state index contributed by atoms with van der Waals surface area (Å²) in [5.74, 6) is 0.635. The molecule has 0 spiro atoms. The maximum Gasteiger partial charge on any atom is 0.254 e. The Bertz CT molecular complexity index is 510. The first kappa shape index (κ1) is 16.9. The maximum atomic E-state index is 12.8. The van der Waals surface area contributed by atoms with Crippen molar-refractivity contribution in [1.29, 1.82) is 0 Å². The van der Waals surface area contributed by atoms with Crippen LogP contribution in [-0.4, -0.2) is 66.1 Å². The molecule has 2 atom stereocenters. The van der Waals surface area contributed by atoms with Gasteiger partial charge < -0.3 is 14.9 Å². The fourth-order valence-electron chi connectivity index (χ4n) is 3.41. The molecule has 0 radical (unpaired) electrons. The number of pyridine rings is 1. The highest BCUT2D eigenvalue weighted by atomic mass is 16.3. The Morgan fingerprint density at radius 1 is 1.27 bits per heavy atom. The molecule has 2 heterocycles. The van der Waals surface area contributed by atoms with Gasteiger partial charge in [0.05, 0.1) is 0 Å². The molecule has 1 aromatic heterocycles. The zero-order valence-electron chi connectivity index (χ0n) is 14.0. The lowest BCUT2D eigenvalue weighted by Crippen LogP contribution is -2.47. The maximum absolute atomic E-state index is 12.8. The van der Waals surface area contributed by atoms with E-state index in [0.29, 0.717) is 18.0 Å². The second-order valence-electron chi connectivity index (χ2n) is 6.76. The van der Waals surface area contributed by atoms with Crippen molar-refractivity contribution in [3.05, 3.63) is 29.1 Å². The summed E-state index contributed by atoms with van der Waals surface area (Å²) in [6, 6.07) is 3.69. The first-order chi connectivity index (χ1) is 10.4. The number of aromatic nitrogens is 1. The van der Waals surface area contributed by atoms with Crippen LogP contribution in [-0.2, 0) is 0 Å². The molecule has 0 bridgehead atoms. The lowest BCUT2D eigenvalue weighted by molar-refractivity contribution is 0.0477. The minimum absolute atomic E-state index is 0.0514. The molecular formula is C17H27N3O2. The third kappa shape index (κ3) is 4.27. The minimum atomic E-state index is 0.0514. The number of aliphatic hydroxyl groups excluding tert-OH is 1. The number of aryl methyl sites for hydroxylation is 2. The molecule has 1 fully saturated rings. The van der Waals surface area contributed by atoms with Crippen molar-refractivity contribution in [3.8, 4) is 0 Å². The number of hydrogen-bond acceptors (Lipinski definition) is 4. The normalized spacial score (nSPS) is 22.2. The quantitative estimate of drug-likeness (QED) is 0.912. The Kier molecular flexibility index (Phi) is 5.53. The van der Waals surface area contributed by atoms with E-state index in [2.05, 4.69) is 9.88 Å². The number of nitrogens with zero attached hydrogens (tertiary/aromatic N) is 3. The summed E-state index contributed by atoms with van der Waals surface area (Å²) in [7, 11) is 4.09. The van der Waals surface area contributed by atoms with Crippen LogP contribution >= 0.6 is 0 Å². The molecule has 5 heteroatoms. The molecule has 1 saturated heterocycles. The number of likely N-dealkylation sites (tertiary alicyclic amines) is 1. The number of carbonyl (C=O) groups excluding carboxylic acids is 1. The third-order valence-electron chi connectivity index (χ3n) is 4.12. The Morgan fingerprint density at radius 3 is 2.41 bits per heavy atom. The Morgan fingerprint density at radius 2 is 1.86 bits per heavy atom. The van der Waals surface area contributed by atoms with Crippen LogP contribution in [0.5, 0.6) is 0 Å². The highest BCUT2D eigenvalue weighted by Gasteiger charge is 2.30. The average Bonchev–Trinajstić information content (AvgIpc) is 2.44. The fraction of sp³-hybridized carbons (Fsp3) is 0.647. The van der Waals surface area contributed by atoms with Crippen molar-refractivity contribution in [2.45, 2.75) is 20.3 Å². The summed E-state index contributed by atoms with van der Waals surface area (Å²) in [4.78, 5) is 21.2. The summed E-state index contributed by atoms with van der Waals surface area (Å²) in [6.07, 6.45) is 0.979. The van der Waals surface area contributed by atoms with E-state index in [9.17, 15) is 9.90 Å². The number of hydrogen-bond donors (Lipinski definition) is 1. The topological polar surface area (TPSA) is 56.7 Å². The van der Waals surface area contributed by atoms with Crippen molar-refractivity contribution in [1.82, 2.24) is 14.8 Å². The smallest absolute Gasteiger partial charge is 0.254 e. The fourth-order valence-corrected chi connectivity index (χ4v) is 3.41. The molecule has 5 nitrogen and oxygen atoms in total. The van der Waals surface area contributed by atoms with Crippen LogP contribution in [0.25, 0.3) is 0 Å². The predicted octanol–water partition coefficient (Wildman–Crippen LogP) is 1.33. The molecule has 2 rings (SSSR count). The molecule has 1 aromatic rings. The van der Waals surface area contributed by atoms with E-state index in [-0.39, 0.29) is 18.4 Å². The summed E-state index contributed by atoms with van der Waals surface area (Å²) < 4.78 is 0. The van der Waals surface area contributed by atoms with Crippen LogP contribution in [0.3, 0.4) is 0 Å². The van der Waals surface area contributed by atoms with Gasteiger partial charge in [0.15, 0.2) is 0 Å². The second-order valence-corrected chi connectivity index (χ2v) is 6.76. The molecule has 1 aliphatic rings. The van der Waals surface area contributed by atoms with E-state index in [0.717, 1.165) is 30.9 Å². The number of aliphatic hydroxyl groups is 1. The first-order valence-corrected chi connectivity index (χ1v) is 7.89. The van der Waals surface area contributed by atoms with Gasteiger partial charge in [0.1, 0.15) is 0 Å². The number of amides is 1. The van der Waals surface area contributed by atoms with Gasteiger partial charge >= 0.3 is 0 Å². The first-order valence-electron chi connectivity index (χ1n) is 7.89. The molecule has 1 amide bonds. The van der Waals surface area contributed by atoms with E-state index in [1.54, 1.807) is 0 Å². The van der Waals surface area contributed by atoms with Crippen molar-refractivity contribution < 1.29 is 9.90 Å². The summed E-state index contributed by atoms with van der Waals surface area (Å²) >= 11 is 0. The van der Waals surface area contributed by atoms with Gasteiger partial charge in [-0.25, -0.2) is 0 Å². The van der Waals surface area contributed by atoms with E-state index in [4.69, 9.17) is 0 Å². The minimum Gasteiger partial charge on any atom is -0.396 e. The molecule has 0 aromatic carbocycles. The van der Waals surface area contributed by atoms with Gasteiger partial charge in [0, 0.05) is 43.2 Å². The SMILES string of the molecule is Cc1cc(C(=O)N2C[C@@H](CN(C)C)C[C@H](CO)C2)cc(C)n1. The van der Waals surface area contributed by atoms with Gasteiger partial charge in [-0.1, -0.05) is 0 Å². The van der Waals surface area contributed by atoms with Gasteiger partial charge in [-0.2, -0.15) is 0 Å². The largest absolute Gasteiger partial charge is 0.396 e. The Labute approximate surface area is 132 Å². The number of piperidine rings is 1. The number of rotatable bonds is 4. The molecule has 0 aliphatic carbocycles. The van der Waals surface area contributed by atoms with Gasteiger partial charge in [0.25, 0.3) is 5.91 Å². The van der Waals surface area contributed by atoms with Crippen molar-refractivity contribution in [3.63, 3.8) is 0 Å². The molecule has 0 saturated carbocycles. The van der Waals surface area contributed by atoms with Crippen LogP contribution < -0.4 is 0 Å². The Hall–Kier alpha value is -1.46. The lowest BCUT2D eigenvalue weighted by Gasteiger charge is -2.38. The van der Waals surface area contributed by atoms with Gasteiger partial charge in [-0.15, -0.1) is 0 Å². The van der Waals surface area contributed by atoms with Crippen LogP contribution in [0.2, 0.25) is 0 Å². The summed E-state index contributed by atoms with van der Waals surface area (Å²) in [5.41, 5.74) is 2.43. The molecular weight excluding hydrogens is 278 g/mol. The number of carbonyl (C=O) groups is 1. The van der Waals surface area contributed by atoms with E-state index in [1.807, 2.05) is 45.0 Å². The molecule has 22 heavy (non-hydrogen) atoms. The molecule has 0 unspecified atom stereocenters. The highest BCUT2D eigenvalue weighted by Crippen LogP contribution is 2.24. The molecule has 122 valence electrons. The lowest BCUT2D eigenvalue weighted by atomic mass is 9.89. The molecule has 1 N–H and O–H groups in total. The van der Waals surface area contributed by atoms with Crippen molar-refractivity contribution in [2.24, 2.45) is 11.8 Å². The highest BCUT2D eigenvalue weighted by molar-refractivity contribution is 5.94. The van der Waals surface area contributed by atoms with E-state index < -0.39 is 0 Å². The van der Waals surface area contributed by atoms with Crippen LogP contribution in [0.4, 0.5) is 0 Å². The second kappa shape index (κ2) is 7.20. The zero-order valence-corrected chi connectivity index (χ0v) is 14.0. The van der Waals surface area contributed by atoms with Crippen molar-refractivity contribution >= 4 is 5.91 Å². The van der Waals surface area contributed by atoms with Gasteiger partial charge in [-0.05, 0) is 58.3 Å². The van der Waals surface area contributed by atoms with Gasteiger partial charge in [0.2, 0.25) is 0 Å². The van der Waals surface area contributed by atoms with E-state index >= 15 is 0 Å². The zero-order chi connectivity index (χ0) is 16.3. The van der Waals surface area contributed by atoms with Crippen LogP contribution in [0, 0.1) is 25.7 Å². The Balaban J connectivity index is 2.16. The van der Waals surface area contributed by atoms with Crippen LogP contribution in [0.15, 0.2) is 12.1 Å². The van der Waals surface area contributed by atoms with Crippen LogP contribution in [0.1, 0.15) is 28.2 Å². The predicted molar refractivity (Wildman–Crippen MR) is 86.9 cm³/mol. The third-order valence-corrected chi connectivity index (χ3v) is 4.12. The monoisotopic (exact) mass is 305 g/mol. The molecule has 1 aliphatic heterocycles. The summed E-state index contributed by atoms with van der Waals surface area (Å²) in [6.45, 7) is 6.29. The van der Waals surface area contributed by atoms with E-state index in [1.165, 1.54) is 0 Å². The van der Waals surface area contributed by atoms with Crippen molar-refractivity contribution in [2.75, 3.05) is 40.3 Å². The van der Waals surface area contributed by atoms with Gasteiger partial charge in [-0.3, -0.25) is 9.78 Å². The standard InChI is InChI=1S/C17H27N3O2/c1-12-5-16(6-13(2)18-12)17(22)20-9-14(8-19(3)4)7-15(10-20)11-21/h5-6,14-15,21H,7-11H2,1-4H3/t14-,15+/m1/s1. The average molecular weight is 305 g/mol. The summed E-state index contributed by atoms with van der Waals surface area (Å²) in [5, 5.41) is 9.54.